The number of nitrogens with zero attached hydrogens (tertiary/aromatic N) is 3. The van der Waals surface area contributed by atoms with Gasteiger partial charge in [0.1, 0.15) is 6.54 Å². The molecule has 0 spiro atoms. The molecule has 0 radical (unpaired) electrons. The van der Waals surface area contributed by atoms with Crippen molar-refractivity contribution in [2.75, 3.05) is 6.54 Å². The Hall–Kier alpha value is -2.84. The molecule has 0 fully saturated rings. The van der Waals surface area contributed by atoms with Crippen molar-refractivity contribution < 1.29 is 27.9 Å². The fourth-order valence-corrected chi connectivity index (χ4v) is 2.85. The second-order valence-corrected chi connectivity index (χ2v) is 7.48. The summed E-state index contributed by atoms with van der Waals surface area (Å²) in [7, 11) is 0. The van der Waals surface area contributed by atoms with Crippen molar-refractivity contribution in [2.24, 2.45) is 0 Å². The maximum atomic E-state index is 12.9. The zero-order valence-corrected chi connectivity index (χ0v) is 16.0. The lowest BCUT2D eigenvalue weighted by molar-refractivity contribution is -0.138. The van der Waals surface area contributed by atoms with Crippen LogP contribution in [0.1, 0.15) is 48.0 Å². The van der Waals surface area contributed by atoms with E-state index in [2.05, 4.69) is 5.10 Å². The van der Waals surface area contributed by atoms with Crippen LogP contribution >= 0.6 is 0 Å². The zero-order chi connectivity index (χ0) is 21.3. The van der Waals surface area contributed by atoms with Crippen molar-refractivity contribution in [3.8, 4) is 0 Å². The average Bonchev–Trinajstić information content (AvgIpc) is 2.94. The van der Waals surface area contributed by atoms with Gasteiger partial charge in [-0.2, -0.15) is 18.3 Å². The second kappa shape index (κ2) is 7.65. The van der Waals surface area contributed by atoms with Crippen molar-refractivity contribution in [1.29, 1.82) is 0 Å². The van der Waals surface area contributed by atoms with E-state index in [1.807, 2.05) is 20.8 Å². The molecule has 9 heteroatoms. The van der Waals surface area contributed by atoms with E-state index in [4.69, 9.17) is 5.11 Å². The van der Waals surface area contributed by atoms with E-state index in [1.165, 1.54) is 18.3 Å². The van der Waals surface area contributed by atoms with Gasteiger partial charge in [0.05, 0.1) is 22.9 Å². The summed E-state index contributed by atoms with van der Waals surface area (Å²) in [6.07, 6.45) is -3.09. The van der Waals surface area contributed by atoms with Crippen LogP contribution in [0.5, 0.6) is 0 Å². The molecule has 0 unspecified atom stereocenters. The molecule has 28 heavy (non-hydrogen) atoms. The molecule has 0 aliphatic heterocycles. The number of carbonyl (C=O) groups is 2. The highest BCUT2D eigenvalue weighted by Gasteiger charge is 2.30. The largest absolute Gasteiger partial charge is 0.480 e. The molecule has 2 rings (SSSR count). The topological polar surface area (TPSA) is 75.4 Å². The van der Waals surface area contributed by atoms with Gasteiger partial charge in [-0.05, 0) is 45.4 Å². The van der Waals surface area contributed by atoms with E-state index in [1.54, 1.807) is 11.6 Å². The Balaban J connectivity index is 2.30. The van der Waals surface area contributed by atoms with Gasteiger partial charge in [-0.25, -0.2) is 0 Å². The molecule has 1 amide bonds. The Bertz CT molecular complexity index is 865. The Labute approximate surface area is 160 Å². The van der Waals surface area contributed by atoms with Crippen LogP contribution in [0.2, 0.25) is 0 Å². The van der Waals surface area contributed by atoms with Crippen LogP contribution in [0.15, 0.2) is 30.5 Å². The summed E-state index contributed by atoms with van der Waals surface area (Å²) in [5, 5.41) is 13.4. The van der Waals surface area contributed by atoms with E-state index in [0.717, 1.165) is 17.0 Å². The van der Waals surface area contributed by atoms with Crippen LogP contribution in [0.3, 0.4) is 0 Å². The molecule has 0 saturated carbocycles. The molecule has 0 atom stereocenters. The second-order valence-electron chi connectivity index (χ2n) is 7.48. The van der Waals surface area contributed by atoms with Gasteiger partial charge < -0.3 is 10.0 Å². The highest BCUT2D eigenvalue weighted by molar-refractivity contribution is 5.96. The van der Waals surface area contributed by atoms with Crippen LogP contribution in [-0.2, 0) is 23.1 Å². The van der Waals surface area contributed by atoms with E-state index in [9.17, 15) is 22.8 Å². The van der Waals surface area contributed by atoms with Gasteiger partial charge in [-0.1, -0.05) is 12.1 Å². The number of halogens is 3. The van der Waals surface area contributed by atoms with Gasteiger partial charge >= 0.3 is 12.1 Å². The van der Waals surface area contributed by atoms with E-state index in [-0.39, 0.29) is 17.6 Å². The molecular formula is C19H22F3N3O3. The minimum absolute atomic E-state index is 0.136. The fourth-order valence-electron chi connectivity index (χ4n) is 2.85. The lowest BCUT2D eigenvalue weighted by Gasteiger charge is -2.23. The van der Waals surface area contributed by atoms with Crippen LogP contribution in [0.4, 0.5) is 13.2 Å². The molecule has 152 valence electrons. The molecule has 2 aromatic rings. The minimum Gasteiger partial charge on any atom is -0.480 e. The Morgan fingerprint density at radius 1 is 1.14 bits per heavy atom. The van der Waals surface area contributed by atoms with E-state index < -0.39 is 30.2 Å². The number of carboxylic acid groups (broad SMARTS) is 1. The molecule has 6 nitrogen and oxygen atoms in total. The number of hydrogen-bond donors (Lipinski definition) is 1. The zero-order valence-electron chi connectivity index (χ0n) is 16.0. The summed E-state index contributed by atoms with van der Waals surface area (Å²) in [5.41, 5.74) is 0.0507. The van der Waals surface area contributed by atoms with Crippen LogP contribution < -0.4 is 0 Å². The first kappa shape index (κ1) is 21.5. The SMILES string of the molecule is Cc1c(C(=O)N(CC(=O)O)Cc2ccc(C(F)(F)F)cc2)cnn1C(C)(C)C. The number of alkyl halides is 3. The molecule has 0 bridgehead atoms. The first-order valence-electron chi connectivity index (χ1n) is 8.53. The molecule has 0 aliphatic carbocycles. The average molecular weight is 397 g/mol. The van der Waals surface area contributed by atoms with Crippen LogP contribution in [0.25, 0.3) is 0 Å². The van der Waals surface area contributed by atoms with Crippen molar-refractivity contribution >= 4 is 11.9 Å². The summed E-state index contributed by atoms with van der Waals surface area (Å²) in [5.74, 6) is -1.77. The predicted octanol–water partition coefficient (Wildman–Crippen LogP) is 3.69. The number of hydrogen-bond acceptors (Lipinski definition) is 3. The lowest BCUT2D eigenvalue weighted by Crippen LogP contribution is -2.35. The first-order chi connectivity index (χ1) is 12.8. The minimum atomic E-state index is -4.46. The number of amides is 1. The van der Waals surface area contributed by atoms with Gasteiger partial charge in [0.25, 0.3) is 5.91 Å². The van der Waals surface area contributed by atoms with Gasteiger partial charge in [-0.3, -0.25) is 14.3 Å². The number of carbonyl (C=O) groups excluding carboxylic acids is 1. The third kappa shape index (κ3) is 4.90. The summed E-state index contributed by atoms with van der Waals surface area (Å²) < 4.78 is 39.7. The summed E-state index contributed by atoms with van der Waals surface area (Å²) >= 11 is 0. The van der Waals surface area contributed by atoms with E-state index >= 15 is 0 Å². The monoisotopic (exact) mass is 397 g/mol. The third-order valence-corrected chi connectivity index (χ3v) is 4.14. The van der Waals surface area contributed by atoms with E-state index in [0.29, 0.717) is 11.3 Å². The highest BCUT2D eigenvalue weighted by atomic mass is 19.4. The van der Waals surface area contributed by atoms with Crippen molar-refractivity contribution in [1.82, 2.24) is 14.7 Å². The Morgan fingerprint density at radius 2 is 1.71 bits per heavy atom. The maximum absolute atomic E-state index is 12.9. The molecule has 1 aromatic carbocycles. The van der Waals surface area contributed by atoms with Gasteiger partial charge in [0.2, 0.25) is 0 Å². The molecular weight excluding hydrogens is 375 g/mol. The number of aromatic nitrogens is 2. The molecule has 1 N–H and O–H groups in total. The Morgan fingerprint density at radius 3 is 2.14 bits per heavy atom. The smallest absolute Gasteiger partial charge is 0.416 e. The highest BCUT2D eigenvalue weighted by Crippen LogP contribution is 2.29. The molecule has 1 aromatic heterocycles. The number of rotatable bonds is 5. The molecule has 0 aliphatic rings. The quantitative estimate of drug-likeness (QED) is 0.835. The van der Waals surface area contributed by atoms with Crippen molar-refractivity contribution in [2.45, 2.75) is 46.0 Å². The van der Waals surface area contributed by atoms with Gasteiger partial charge in [0.15, 0.2) is 0 Å². The van der Waals surface area contributed by atoms with Gasteiger partial charge in [-0.15, -0.1) is 0 Å². The van der Waals surface area contributed by atoms with Crippen molar-refractivity contribution in [3.63, 3.8) is 0 Å². The first-order valence-corrected chi connectivity index (χ1v) is 8.53. The van der Waals surface area contributed by atoms with Crippen LogP contribution in [-0.4, -0.2) is 38.2 Å². The molecule has 1 heterocycles. The summed E-state index contributed by atoms with van der Waals surface area (Å²) in [4.78, 5) is 25.2. The van der Waals surface area contributed by atoms with Gasteiger partial charge in [0, 0.05) is 12.2 Å². The number of aliphatic carboxylic acids is 1. The van der Waals surface area contributed by atoms with Crippen LogP contribution in [0, 0.1) is 6.92 Å². The summed E-state index contributed by atoms with van der Waals surface area (Å²) in [6.45, 7) is 6.74. The summed E-state index contributed by atoms with van der Waals surface area (Å²) in [6, 6.07) is 4.27. The third-order valence-electron chi connectivity index (χ3n) is 4.14. The lowest BCUT2D eigenvalue weighted by atomic mass is 10.1. The van der Waals surface area contributed by atoms with Crippen molar-refractivity contribution in [3.05, 3.63) is 52.8 Å². The number of carboxylic acids is 1. The maximum Gasteiger partial charge on any atom is 0.416 e. The Kier molecular flexibility index (Phi) is 5.86. The fraction of sp³-hybridized carbons (Fsp3) is 0.421. The number of benzene rings is 1. The predicted molar refractivity (Wildman–Crippen MR) is 95.8 cm³/mol. The normalized spacial score (nSPS) is 12.1. The standard InChI is InChI=1S/C19H22F3N3O3/c1-12-15(9-23-25(12)18(2,3)4)17(28)24(11-16(26)27)10-13-5-7-14(8-6-13)19(20,21)22/h5-9H,10-11H2,1-4H3,(H,26,27). The molecule has 0 saturated heterocycles.